The van der Waals surface area contributed by atoms with Crippen molar-refractivity contribution in [1.29, 1.82) is 0 Å². The molecule has 0 unspecified atom stereocenters. The molecule has 1 aromatic carbocycles. The van der Waals surface area contributed by atoms with Gasteiger partial charge in [0, 0.05) is 38.8 Å². The van der Waals surface area contributed by atoms with Crippen LogP contribution >= 0.6 is 11.5 Å². The van der Waals surface area contributed by atoms with E-state index in [0.29, 0.717) is 32.4 Å². The lowest BCUT2D eigenvalue weighted by molar-refractivity contribution is -0.344. The Hall–Kier alpha value is -3.53. The summed E-state index contributed by atoms with van der Waals surface area (Å²) in [6.45, 7) is 13.5. The van der Waals surface area contributed by atoms with Crippen LogP contribution in [-0.4, -0.2) is 154 Å². The van der Waals surface area contributed by atoms with E-state index in [1.54, 1.807) is 65.0 Å². The fourth-order valence-electron chi connectivity index (χ4n) is 9.21. The van der Waals surface area contributed by atoms with Crippen LogP contribution in [-0.2, 0) is 54.1 Å². The maximum Gasteiger partial charge on any atom is 0.308 e. The van der Waals surface area contributed by atoms with Crippen LogP contribution < -0.4 is 5.32 Å². The van der Waals surface area contributed by atoms with Crippen molar-refractivity contribution in [2.45, 2.75) is 173 Å². The molecule has 67 heavy (non-hydrogen) atoms. The number of nitrogens with zero attached hydrogens (tertiary/aromatic N) is 3. The number of likely N-dealkylation sites (N-methyl/N-ethyl adjacent to an activating group) is 1. The molecule has 4 heterocycles. The third-order valence-electron chi connectivity index (χ3n) is 12.7. The molecule has 374 valence electrons. The van der Waals surface area contributed by atoms with Crippen molar-refractivity contribution in [2.75, 3.05) is 27.7 Å². The number of ketones is 1. The molecule has 0 bridgehead atoms. The molecule has 0 spiro atoms. The van der Waals surface area contributed by atoms with E-state index in [9.17, 15) is 29.7 Å². The Bertz CT molecular complexity index is 1910. The highest BCUT2D eigenvalue weighted by Crippen LogP contribution is 2.38. The minimum atomic E-state index is -1.49. The number of esters is 2. The number of methoxy groups -OCH3 is 1. The number of benzene rings is 1. The molecule has 17 nitrogen and oxygen atoms in total. The number of cyclic esters (lactones) is 1. The van der Waals surface area contributed by atoms with Gasteiger partial charge in [0.2, 0.25) is 0 Å². The molecule has 1 aromatic heterocycles. The fourth-order valence-corrected chi connectivity index (χ4v) is 9.72. The summed E-state index contributed by atoms with van der Waals surface area (Å²) in [5.74, 6) is -2.05. The van der Waals surface area contributed by atoms with Gasteiger partial charge in [-0.25, -0.2) is 0 Å². The third-order valence-corrected chi connectivity index (χ3v) is 13.4. The molecule has 3 aliphatic rings. The number of hydrogen-bond acceptors (Lipinski definition) is 18. The van der Waals surface area contributed by atoms with Crippen LogP contribution in [0.25, 0.3) is 10.4 Å². The second kappa shape index (κ2) is 25.4. The van der Waals surface area contributed by atoms with Gasteiger partial charge in [0.05, 0.1) is 48.0 Å². The molecular formula is C49H74N4O13S. The van der Waals surface area contributed by atoms with E-state index in [1.165, 1.54) is 24.7 Å². The van der Waals surface area contributed by atoms with E-state index < -0.39 is 109 Å². The Morgan fingerprint density at radius 1 is 1.01 bits per heavy atom. The monoisotopic (exact) mass is 958 g/mol. The van der Waals surface area contributed by atoms with Gasteiger partial charge < -0.3 is 58.7 Å². The van der Waals surface area contributed by atoms with Gasteiger partial charge in [0.15, 0.2) is 24.5 Å². The number of carbonyl (C=O) groups excluding carboxylic acids is 3. The minimum absolute atomic E-state index is 0.0268. The first-order chi connectivity index (χ1) is 31.8. The third kappa shape index (κ3) is 15.5. The van der Waals surface area contributed by atoms with Crippen LogP contribution in [0.3, 0.4) is 0 Å². The standard InChI is InChI=1S/C49H74N4O13S/c1-28(2)22-39(56)64-47-32(6)62-41(25-49(47,7)59)65-44-31(5)63-48(43(58)42(44)53(8)9)66-45-35(20-21-50-26-33-16-18-34(19-17-33)38-27-51-52-67-38)23-29(3)36(54)15-13-11-12-14-30(4)61-40(57)24-37(55)46(45)60-10/h11-13,15-19,27-32,35,37,41-48,50,55,58-59H,14,20-26H2,1-10H3/b12-11+,15-13-/t29-,30-,31-,32+,35+,37+,41+,42-,43-,44-,45+,46+,47+,48+,49-/m1/s1. The first-order valence-corrected chi connectivity index (χ1v) is 24.3. The first kappa shape index (κ1) is 54.4. The Labute approximate surface area is 399 Å². The van der Waals surface area contributed by atoms with E-state index in [0.717, 1.165) is 16.0 Å². The highest BCUT2D eigenvalue weighted by Gasteiger charge is 2.52. The predicted octanol–water partition coefficient (Wildman–Crippen LogP) is 4.76. The van der Waals surface area contributed by atoms with Crippen LogP contribution in [0.2, 0.25) is 0 Å². The molecule has 5 rings (SSSR count). The molecule has 3 aliphatic heterocycles. The summed E-state index contributed by atoms with van der Waals surface area (Å²) < 4.78 is 47.4. The predicted molar refractivity (Wildman–Crippen MR) is 250 cm³/mol. The molecule has 0 saturated carbocycles. The molecule has 0 radical (unpaired) electrons. The Morgan fingerprint density at radius 2 is 1.75 bits per heavy atom. The lowest BCUT2D eigenvalue weighted by Gasteiger charge is -2.50. The maximum absolute atomic E-state index is 13.6. The van der Waals surface area contributed by atoms with Crippen LogP contribution in [0, 0.1) is 17.8 Å². The molecule has 2 fully saturated rings. The number of aliphatic hydroxyl groups excluding tert-OH is 2. The van der Waals surface area contributed by atoms with Crippen molar-refractivity contribution in [1.82, 2.24) is 19.8 Å². The second-order valence-electron chi connectivity index (χ2n) is 19.2. The first-order valence-electron chi connectivity index (χ1n) is 23.5. The summed E-state index contributed by atoms with van der Waals surface area (Å²) in [5, 5.41) is 43.1. The van der Waals surface area contributed by atoms with Crippen molar-refractivity contribution >= 4 is 29.3 Å². The van der Waals surface area contributed by atoms with Crippen molar-refractivity contribution in [3.05, 3.63) is 60.3 Å². The largest absolute Gasteiger partial charge is 0.462 e. The van der Waals surface area contributed by atoms with Gasteiger partial charge in [0.1, 0.15) is 30.0 Å². The number of nitrogens with one attached hydrogen (secondary N) is 1. The lowest BCUT2D eigenvalue weighted by atomic mass is 9.82. The smallest absolute Gasteiger partial charge is 0.308 e. The average Bonchev–Trinajstić information content (AvgIpc) is 3.79. The van der Waals surface area contributed by atoms with Gasteiger partial charge in [-0.15, -0.1) is 5.10 Å². The minimum Gasteiger partial charge on any atom is -0.462 e. The highest BCUT2D eigenvalue weighted by molar-refractivity contribution is 7.09. The molecule has 15 atom stereocenters. The Balaban J connectivity index is 1.40. The Kier molecular flexibility index (Phi) is 20.6. The number of ether oxygens (including phenoxy) is 7. The highest BCUT2D eigenvalue weighted by atomic mass is 32.1. The van der Waals surface area contributed by atoms with Gasteiger partial charge in [-0.3, -0.25) is 14.4 Å². The number of rotatable bonds is 15. The molecule has 18 heteroatoms. The average molecular weight is 959 g/mol. The van der Waals surface area contributed by atoms with E-state index in [1.807, 2.05) is 51.1 Å². The fraction of sp³-hybridized carbons (Fsp3) is 0.694. The van der Waals surface area contributed by atoms with Crippen molar-refractivity contribution in [3.63, 3.8) is 0 Å². The molecule has 0 amide bonds. The summed E-state index contributed by atoms with van der Waals surface area (Å²) >= 11 is 1.33. The quantitative estimate of drug-likeness (QED) is 0.140. The van der Waals surface area contributed by atoms with Gasteiger partial charge in [-0.05, 0) is 102 Å². The number of allylic oxidation sites excluding steroid dienone is 3. The van der Waals surface area contributed by atoms with Crippen molar-refractivity contribution in [3.8, 4) is 10.4 Å². The SMILES string of the molecule is CO[C@@H]1[C@@H](O[C@@H]2O[C@H](C)[C@@H](O[C@H]3C[C@@](C)(O)[C@@H](OC(=O)CC(C)C)[C@H](C)O3)[C@H](N(C)C)[C@H]2O)[C@@H](CCNCc2ccc(-c3cnns3)cc2)C[C@@H](C)C(=O)/C=C\C=C\C[C@@H](C)OC(=O)C[C@@H]1O. The van der Waals surface area contributed by atoms with E-state index >= 15 is 0 Å². The number of aliphatic hydroxyl groups is 3. The summed E-state index contributed by atoms with van der Waals surface area (Å²) in [7, 11) is 5.00. The molecule has 0 aliphatic carbocycles. The van der Waals surface area contributed by atoms with Crippen LogP contribution in [0.1, 0.15) is 92.6 Å². The zero-order valence-electron chi connectivity index (χ0n) is 40.7. The zero-order chi connectivity index (χ0) is 49.0. The topological polar surface area (TPSA) is 218 Å². The summed E-state index contributed by atoms with van der Waals surface area (Å²) in [4.78, 5) is 42.2. The summed E-state index contributed by atoms with van der Waals surface area (Å²) in [6, 6.07) is 7.36. The summed E-state index contributed by atoms with van der Waals surface area (Å²) in [6.07, 6.45) is -1.41. The maximum atomic E-state index is 13.6. The van der Waals surface area contributed by atoms with Crippen molar-refractivity contribution in [2.24, 2.45) is 17.8 Å². The number of carbonyl (C=O) groups is 3. The van der Waals surface area contributed by atoms with Gasteiger partial charge in [0.25, 0.3) is 0 Å². The van der Waals surface area contributed by atoms with Crippen LogP contribution in [0.15, 0.2) is 54.8 Å². The normalized spacial score (nSPS) is 35.9. The molecule has 2 saturated heterocycles. The van der Waals surface area contributed by atoms with E-state index in [-0.39, 0.29) is 24.5 Å². The number of hydrogen-bond donors (Lipinski definition) is 4. The zero-order valence-corrected chi connectivity index (χ0v) is 41.5. The Morgan fingerprint density at radius 3 is 2.39 bits per heavy atom. The van der Waals surface area contributed by atoms with E-state index in [4.69, 9.17) is 33.2 Å². The molecule has 4 N–H and O–H groups in total. The molecule has 2 aromatic rings. The van der Waals surface area contributed by atoms with Gasteiger partial charge in [-0.2, -0.15) is 0 Å². The summed E-state index contributed by atoms with van der Waals surface area (Å²) in [5.41, 5.74) is 0.578. The van der Waals surface area contributed by atoms with Crippen LogP contribution in [0.5, 0.6) is 0 Å². The lowest BCUT2D eigenvalue weighted by Crippen LogP contribution is -2.66. The second-order valence-corrected chi connectivity index (χ2v) is 20.0. The van der Waals surface area contributed by atoms with Crippen molar-refractivity contribution < 1.29 is 62.9 Å². The van der Waals surface area contributed by atoms with Gasteiger partial charge >= 0.3 is 11.9 Å². The van der Waals surface area contributed by atoms with E-state index in [2.05, 4.69) is 14.9 Å². The molecular weight excluding hydrogens is 885 g/mol. The number of aromatic nitrogens is 2. The van der Waals surface area contributed by atoms with Gasteiger partial charge in [-0.1, -0.05) is 67.8 Å². The van der Waals surface area contributed by atoms with Crippen LogP contribution in [0.4, 0.5) is 0 Å².